The van der Waals surface area contributed by atoms with Gasteiger partial charge in [0.2, 0.25) is 0 Å². The lowest BCUT2D eigenvalue weighted by Crippen LogP contribution is -2.33. The van der Waals surface area contributed by atoms with Crippen LogP contribution >= 0.6 is 15.9 Å². The van der Waals surface area contributed by atoms with E-state index in [1.165, 1.54) is 17.0 Å². The number of halogens is 4. The standard InChI is InChI=1S/C22H26BrF3N2O3Si/c1-5-27-18-8-6-15(23)12-17(18)21(29)28(14-30-10-11-32(2,3)4)20-13-16(7-9-19(20)27)31-22(24,25)26/h6-9,12-13H,5,10-11,14H2,1-4H3. The number of fused-ring (bicyclic) bond motifs is 2. The second-order valence-corrected chi connectivity index (χ2v) is 15.2. The monoisotopic (exact) mass is 530 g/mol. The molecule has 0 aliphatic carbocycles. The van der Waals surface area contributed by atoms with Crippen LogP contribution in [-0.2, 0) is 4.74 Å². The van der Waals surface area contributed by atoms with Crippen LogP contribution in [-0.4, -0.2) is 40.2 Å². The molecule has 174 valence electrons. The lowest BCUT2D eigenvalue weighted by Gasteiger charge is -2.27. The van der Waals surface area contributed by atoms with Gasteiger partial charge in [0, 0.05) is 31.8 Å². The molecule has 2 aromatic carbocycles. The smallest absolute Gasteiger partial charge is 0.406 e. The zero-order chi connectivity index (χ0) is 23.7. The van der Waals surface area contributed by atoms with Crippen molar-refractivity contribution in [2.75, 3.05) is 29.7 Å². The number of hydrogen-bond acceptors (Lipinski definition) is 4. The topological polar surface area (TPSA) is 42.0 Å². The summed E-state index contributed by atoms with van der Waals surface area (Å²) in [5.74, 6) is -0.741. The van der Waals surface area contributed by atoms with Crippen LogP contribution in [0.3, 0.4) is 0 Å². The van der Waals surface area contributed by atoms with E-state index >= 15 is 0 Å². The minimum atomic E-state index is -4.83. The van der Waals surface area contributed by atoms with Crippen LogP contribution in [0.15, 0.2) is 40.9 Å². The molecule has 0 radical (unpaired) electrons. The maximum Gasteiger partial charge on any atom is 0.573 e. The van der Waals surface area contributed by atoms with Crippen LogP contribution in [0.1, 0.15) is 17.3 Å². The quantitative estimate of drug-likeness (QED) is 0.292. The summed E-state index contributed by atoms with van der Waals surface area (Å²) in [7, 11) is -1.35. The second kappa shape index (κ2) is 9.44. The highest BCUT2D eigenvalue weighted by Gasteiger charge is 2.34. The number of alkyl halides is 3. The Morgan fingerprint density at radius 1 is 1.00 bits per heavy atom. The molecule has 1 heterocycles. The summed E-state index contributed by atoms with van der Waals surface area (Å²) >= 11 is 3.41. The van der Waals surface area contributed by atoms with Gasteiger partial charge in [-0.3, -0.25) is 9.69 Å². The summed E-state index contributed by atoms with van der Waals surface area (Å²) in [5.41, 5.74) is 2.02. The zero-order valence-corrected chi connectivity index (χ0v) is 21.0. The van der Waals surface area contributed by atoms with Crippen LogP contribution in [0, 0.1) is 0 Å². The summed E-state index contributed by atoms with van der Waals surface area (Å²) in [4.78, 5) is 16.8. The Hall–Kier alpha value is -2.04. The predicted molar refractivity (Wildman–Crippen MR) is 126 cm³/mol. The Morgan fingerprint density at radius 2 is 1.69 bits per heavy atom. The number of anilines is 3. The van der Waals surface area contributed by atoms with Gasteiger partial charge in [0.15, 0.2) is 0 Å². The molecule has 3 rings (SSSR count). The predicted octanol–water partition coefficient (Wildman–Crippen LogP) is 6.78. The van der Waals surface area contributed by atoms with Crippen LogP contribution in [0.2, 0.25) is 25.7 Å². The molecule has 2 aromatic rings. The molecule has 32 heavy (non-hydrogen) atoms. The molecule has 0 aromatic heterocycles. The van der Waals surface area contributed by atoms with Crippen molar-refractivity contribution in [3.05, 3.63) is 46.4 Å². The average Bonchev–Trinajstić information content (AvgIpc) is 2.76. The normalized spacial score (nSPS) is 14.2. The first-order chi connectivity index (χ1) is 14.9. The summed E-state index contributed by atoms with van der Waals surface area (Å²) in [6.45, 7) is 9.48. The van der Waals surface area contributed by atoms with Crippen LogP contribution in [0.4, 0.5) is 30.2 Å². The maximum absolute atomic E-state index is 13.5. The van der Waals surface area contributed by atoms with E-state index in [4.69, 9.17) is 4.74 Å². The first kappa shape index (κ1) is 24.6. The van der Waals surface area contributed by atoms with Gasteiger partial charge in [0.05, 0.1) is 22.6 Å². The Kier molecular flexibility index (Phi) is 7.26. The third-order valence-corrected chi connectivity index (χ3v) is 7.22. The summed E-state index contributed by atoms with van der Waals surface area (Å²) in [6.07, 6.45) is -4.83. The number of ether oxygens (including phenoxy) is 2. The second-order valence-electron chi connectivity index (χ2n) is 8.69. The minimum absolute atomic E-state index is 0.0741. The van der Waals surface area contributed by atoms with E-state index in [2.05, 4.69) is 40.3 Å². The van der Waals surface area contributed by atoms with Gasteiger partial charge in [-0.05, 0) is 43.3 Å². The first-order valence-corrected chi connectivity index (χ1v) is 14.8. The van der Waals surface area contributed by atoms with Crippen LogP contribution in [0.5, 0.6) is 5.75 Å². The van der Waals surface area contributed by atoms with Gasteiger partial charge >= 0.3 is 6.36 Å². The molecule has 0 saturated heterocycles. The summed E-state index contributed by atoms with van der Waals surface area (Å²) in [6, 6.07) is 10.3. The van der Waals surface area contributed by atoms with Gasteiger partial charge < -0.3 is 14.4 Å². The highest BCUT2D eigenvalue weighted by molar-refractivity contribution is 9.10. The lowest BCUT2D eigenvalue weighted by atomic mass is 10.1. The molecule has 1 aliphatic rings. The van der Waals surface area contributed by atoms with Crippen molar-refractivity contribution in [3.63, 3.8) is 0 Å². The SMILES string of the molecule is CCN1c2ccc(Br)cc2C(=O)N(COCC[Si](C)(C)C)c2cc(OC(F)(F)F)ccc21. The largest absolute Gasteiger partial charge is 0.573 e. The van der Waals surface area contributed by atoms with Crippen molar-refractivity contribution in [3.8, 4) is 5.75 Å². The Morgan fingerprint density at radius 3 is 2.31 bits per heavy atom. The van der Waals surface area contributed by atoms with E-state index in [0.29, 0.717) is 35.8 Å². The third kappa shape index (κ3) is 5.84. The number of carbonyl (C=O) groups excluding carboxylic acids is 1. The number of carbonyl (C=O) groups is 1. The first-order valence-electron chi connectivity index (χ1n) is 10.3. The van der Waals surface area contributed by atoms with Crippen molar-refractivity contribution < 1.29 is 27.4 Å². The molecule has 1 amide bonds. The zero-order valence-electron chi connectivity index (χ0n) is 18.4. The van der Waals surface area contributed by atoms with Crippen molar-refractivity contribution in [1.82, 2.24) is 0 Å². The molecular weight excluding hydrogens is 505 g/mol. The van der Waals surface area contributed by atoms with E-state index in [-0.39, 0.29) is 18.4 Å². The fourth-order valence-corrected chi connectivity index (χ4v) is 4.57. The number of benzene rings is 2. The third-order valence-electron chi connectivity index (χ3n) is 5.02. The molecule has 10 heteroatoms. The number of rotatable bonds is 7. The van der Waals surface area contributed by atoms with Gasteiger partial charge in [-0.2, -0.15) is 0 Å². The van der Waals surface area contributed by atoms with E-state index in [0.717, 1.165) is 10.5 Å². The molecule has 0 fully saturated rings. The Labute approximate surface area is 195 Å². The van der Waals surface area contributed by atoms with E-state index in [1.807, 2.05) is 24.0 Å². The highest BCUT2D eigenvalue weighted by Crippen LogP contribution is 2.43. The van der Waals surface area contributed by atoms with E-state index in [1.54, 1.807) is 12.1 Å². The van der Waals surface area contributed by atoms with Crippen molar-refractivity contribution in [2.45, 2.75) is 39.0 Å². The number of amides is 1. The Balaban J connectivity index is 2.06. The van der Waals surface area contributed by atoms with Crippen molar-refractivity contribution in [1.29, 1.82) is 0 Å². The van der Waals surface area contributed by atoms with Gasteiger partial charge in [0.1, 0.15) is 12.5 Å². The lowest BCUT2D eigenvalue weighted by molar-refractivity contribution is -0.274. The molecule has 5 nitrogen and oxygen atoms in total. The fraction of sp³-hybridized carbons (Fsp3) is 0.409. The average molecular weight is 531 g/mol. The molecule has 1 aliphatic heterocycles. The maximum atomic E-state index is 13.5. The summed E-state index contributed by atoms with van der Waals surface area (Å²) in [5, 5.41) is 0. The molecule has 0 spiro atoms. The van der Waals surface area contributed by atoms with Crippen LogP contribution in [0.25, 0.3) is 0 Å². The van der Waals surface area contributed by atoms with Gasteiger partial charge in [0.25, 0.3) is 5.91 Å². The summed E-state index contributed by atoms with van der Waals surface area (Å²) < 4.78 is 49.2. The fourth-order valence-electron chi connectivity index (χ4n) is 3.45. The van der Waals surface area contributed by atoms with Crippen LogP contribution < -0.4 is 14.5 Å². The number of nitrogens with zero attached hydrogens (tertiary/aromatic N) is 2. The molecule has 0 bridgehead atoms. The molecule has 0 saturated carbocycles. The molecule has 0 atom stereocenters. The molecule has 0 N–H and O–H groups in total. The van der Waals surface area contributed by atoms with Crippen molar-refractivity contribution >= 4 is 47.0 Å². The van der Waals surface area contributed by atoms with E-state index < -0.39 is 14.4 Å². The van der Waals surface area contributed by atoms with Crippen molar-refractivity contribution in [2.24, 2.45) is 0 Å². The highest BCUT2D eigenvalue weighted by atomic mass is 79.9. The molecular formula is C22H26BrF3N2O3Si. The number of hydrogen-bond donors (Lipinski definition) is 0. The van der Waals surface area contributed by atoms with Gasteiger partial charge in [-0.1, -0.05) is 35.6 Å². The van der Waals surface area contributed by atoms with Gasteiger partial charge in [-0.25, -0.2) is 0 Å². The Bertz CT molecular complexity index is 995. The van der Waals surface area contributed by atoms with Gasteiger partial charge in [-0.15, -0.1) is 13.2 Å². The minimum Gasteiger partial charge on any atom is -0.406 e. The van der Waals surface area contributed by atoms with E-state index in [9.17, 15) is 18.0 Å². The molecule has 0 unspecified atom stereocenters.